The van der Waals surface area contributed by atoms with Crippen LogP contribution in [0.4, 0.5) is 0 Å². The first kappa shape index (κ1) is 12.9. The number of hydrogen-bond donors (Lipinski definition) is 0. The van der Waals surface area contributed by atoms with Crippen LogP contribution in [0.1, 0.15) is 10.6 Å². The summed E-state index contributed by atoms with van der Waals surface area (Å²) in [6, 6.07) is 4.13. The zero-order valence-electron chi connectivity index (χ0n) is 10.6. The lowest BCUT2D eigenvalue weighted by Gasteiger charge is -2.02. The first-order chi connectivity index (χ1) is 9.02. The molecule has 0 aliphatic rings. The van der Waals surface area contributed by atoms with Crippen LogP contribution < -0.4 is 0 Å². The minimum Gasteiger partial charge on any atom is -0.261 e. The molecule has 0 N–H and O–H groups in total. The molecule has 0 unspecified atom stereocenters. The summed E-state index contributed by atoms with van der Waals surface area (Å²) in [5, 5.41) is 7.59. The third-order valence-electron chi connectivity index (χ3n) is 2.61. The first-order valence-corrected chi connectivity index (χ1v) is 7.66. The normalized spacial score (nSPS) is 11.4. The molecule has 4 nitrogen and oxygen atoms in total. The van der Waals surface area contributed by atoms with E-state index in [9.17, 15) is 0 Å². The maximum absolute atomic E-state index is 5.99. The fourth-order valence-corrected chi connectivity index (χ4v) is 4.06. The Morgan fingerprint density at radius 2 is 2.05 bits per heavy atom. The summed E-state index contributed by atoms with van der Waals surface area (Å²) >= 11 is 9.19. The van der Waals surface area contributed by atoms with E-state index >= 15 is 0 Å². The lowest BCUT2D eigenvalue weighted by atomic mass is 10.4. The van der Waals surface area contributed by atoms with Crippen molar-refractivity contribution in [1.29, 1.82) is 0 Å². The Morgan fingerprint density at radius 3 is 2.74 bits per heavy atom. The third kappa shape index (κ3) is 2.48. The Bertz CT molecular complexity index is 763. The van der Waals surface area contributed by atoms with E-state index in [4.69, 9.17) is 11.6 Å². The molecule has 0 spiro atoms. The number of hydrogen-bond acceptors (Lipinski definition) is 5. The van der Waals surface area contributed by atoms with E-state index in [1.54, 1.807) is 23.1 Å². The molecule has 0 atom stereocenters. The summed E-state index contributed by atoms with van der Waals surface area (Å²) < 4.78 is 1.85. The smallest absolute Gasteiger partial charge is 0.224 e. The minimum atomic E-state index is 0.288. The van der Waals surface area contributed by atoms with E-state index in [2.05, 4.69) is 28.1 Å². The quantitative estimate of drug-likeness (QED) is 0.533. The third-order valence-corrected chi connectivity index (χ3v) is 4.82. The number of aryl methyl sites for hydroxylation is 3. The van der Waals surface area contributed by atoms with Crippen molar-refractivity contribution in [2.75, 3.05) is 0 Å². The Kier molecular flexibility index (Phi) is 3.24. The van der Waals surface area contributed by atoms with Crippen molar-refractivity contribution in [2.45, 2.75) is 23.9 Å². The van der Waals surface area contributed by atoms with Crippen molar-refractivity contribution in [1.82, 2.24) is 19.7 Å². The average molecular weight is 311 g/mol. The molecule has 0 saturated carbocycles. The number of rotatable bonds is 2. The molecule has 3 aromatic heterocycles. The maximum Gasteiger partial charge on any atom is 0.224 e. The average Bonchev–Trinajstić information content (AvgIpc) is 2.81. The summed E-state index contributed by atoms with van der Waals surface area (Å²) in [7, 11) is 1.92. The highest BCUT2D eigenvalue weighted by Crippen LogP contribution is 2.35. The monoisotopic (exact) mass is 310 g/mol. The van der Waals surface area contributed by atoms with Crippen LogP contribution in [0, 0.1) is 13.8 Å². The van der Waals surface area contributed by atoms with E-state index in [0.29, 0.717) is 0 Å². The number of aromatic nitrogens is 4. The van der Waals surface area contributed by atoms with Gasteiger partial charge in [-0.25, -0.2) is 9.97 Å². The number of halogens is 1. The second-order valence-electron chi connectivity index (χ2n) is 4.22. The summed E-state index contributed by atoms with van der Waals surface area (Å²) in [5.74, 6) is 0. The van der Waals surface area contributed by atoms with Crippen molar-refractivity contribution >= 4 is 44.9 Å². The minimum absolute atomic E-state index is 0.288. The molecule has 0 radical (unpaired) electrons. The predicted octanol–water partition coefficient (Wildman–Crippen LogP) is 3.85. The van der Waals surface area contributed by atoms with Crippen LogP contribution in [0.25, 0.3) is 10.2 Å². The molecule has 0 bridgehead atoms. The summed E-state index contributed by atoms with van der Waals surface area (Å²) in [6.45, 7) is 4.03. The molecule has 7 heteroatoms. The van der Waals surface area contributed by atoms with Crippen LogP contribution in [0.2, 0.25) is 5.28 Å². The zero-order valence-corrected chi connectivity index (χ0v) is 13.0. The van der Waals surface area contributed by atoms with Crippen molar-refractivity contribution in [2.24, 2.45) is 7.05 Å². The zero-order chi connectivity index (χ0) is 13.6. The fourth-order valence-electron chi connectivity index (χ4n) is 1.85. The van der Waals surface area contributed by atoms with Crippen LogP contribution in [-0.2, 0) is 7.05 Å². The fraction of sp³-hybridized carbons (Fsp3) is 0.250. The van der Waals surface area contributed by atoms with Crippen LogP contribution in [-0.4, -0.2) is 19.7 Å². The Labute approximate surface area is 123 Å². The van der Waals surface area contributed by atoms with E-state index < -0.39 is 0 Å². The SMILES string of the molecule is Cc1cc(Sc2nc(Cl)nc3sc(C)cc23)n(C)n1. The molecule has 98 valence electrons. The first-order valence-electron chi connectivity index (χ1n) is 5.65. The van der Waals surface area contributed by atoms with Crippen LogP contribution in [0.3, 0.4) is 0 Å². The molecule has 3 aromatic rings. The van der Waals surface area contributed by atoms with Crippen LogP contribution >= 0.6 is 34.7 Å². The van der Waals surface area contributed by atoms with Gasteiger partial charge in [0.1, 0.15) is 14.9 Å². The molecular formula is C12H11ClN4S2. The lowest BCUT2D eigenvalue weighted by Crippen LogP contribution is -1.93. The molecule has 0 aliphatic carbocycles. The van der Waals surface area contributed by atoms with Gasteiger partial charge in [0.2, 0.25) is 5.28 Å². The molecule has 0 aliphatic heterocycles. The summed E-state index contributed by atoms with van der Waals surface area (Å²) in [5.41, 5.74) is 0.989. The van der Waals surface area contributed by atoms with Crippen molar-refractivity contribution in [3.8, 4) is 0 Å². The summed E-state index contributed by atoms with van der Waals surface area (Å²) in [6.07, 6.45) is 0. The van der Waals surface area contributed by atoms with Gasteiger partial charge in [0.05, 0.1) is 5.69 Å². The van der Waals surface area contributed by atoms with Crippen molar-refractivity contribution in [3.05, 3.63) is 28.0 Å². The van der Waals surface area contributed by atoms with E-state index in [1.165, 1.54) is 4.88 Å². The molecule has 0 aromatic carbocycles. The Balaban J connectivity index is 2.11. The van der Waals surface area contributed by atoms with Gasteiger partial charge >= 0.3 is 0 Å². The van der Waals surface area contributed by atoms with E-state index in [1.807, 2.05) is 24.7 Å². The lowest BCUT2D eigenvalue weighted by molar-refractivity contribution is 0.692. The molecule has 3 heterocycles. The number of fused-ring (bicyclic) bond motifs is 1. The van der Waals surface area contributed by atoms with Gasteiger partial charge in [0.15, 0.2) is 0 Å². The second-order valence-corrected chi connectivity index (χ2v) is 6.81. The molecular weight excluding hydrogens is 300 g/mol. The van der Waals surface area contributed by atoms with E-state index in [-0.39, 0.29) is 5.28 Å². The highest BCUT2D eigenvalue weighted by atomic mass is 35.5. The van der Waals surface area contributed by atoms with Crippen molar-refractivity contribution in [3.63, 3.8) is 0 Å². The van der Waals surface area contributed by atoms with Gasteiger partial charge in [0.25, 0.3) is 0 Å². The summed E-state index contributed by atoms with van der Waals surface area (Å²) in [4.78, 5) is 10.7. The maximum atomic E-state index is 5.99. The largest absolute Gasteiger partial charge is 0.261 e. The van der Waals surface area contributed by atoms with Crippen molar-refractivity contribution < 1.29 is 0 Å². The second kappa shape index (κ2) is 4.77. The molecule has 0 amide bonds. The topological polar surface area (TPSA) is 43.6 Å². The molecule has 0 saturated heterocycles. The van der Waals surface area contributed by atoms with Gasteiger partial charge < -0.3 is 0 Å². The van der Waals surface area contributed by atoms with E-state index in [0.717, 1.165) is 26.0 Å². The standard InChI is InChI=1S/C12H11ClN4S2/c1-6-4-9(17(3)16-6)19-11-8-5-7(2)18-10(8)14-12(13)15-11/h4-5H,1-3H3. The number of thiophene rings is 1. The van der Waals surface area contributed by atoms with Gasteiger partial charge in [0, 0.05) is 17.3 Å². The Hall–Kier alpha value is -1.11. The van der Waals surface area contributed by atoms with Gasteiger partial charge in [-0.3, -0.25) is 4.68 Å². The predicted molar refractivity (Wildman–Crippen MR) is 79.2 cm³/mol. The molecule has 3 rings (SSSR count). The van der Waals surface area contributed by atoms with Gasteiger partial charge in [-0.1, -0.05) is 0 Å². The highest BCUT2D eigenvalue weighted by molar-refractivity contribution is 7.99. The molecule has 19 heavy (non-hydrogen) atoms. The van der Waals surface area contributed by atoms with Crippen LogP contribution in [0.5, 0.6) is 0 Å². The Morgan fingerprint density at radius 1 is 1.26 bits per heavy atom. The van der Waals surface area contributed by atoms with Gasteiger partial charge in [-0.2, -0.15) is 5.10 Å². The van der Waals surface area contributed by atoms with Gasteiger partial charge in [-0.15, -0.1) is 11.3 Å². The number of nitrogens with zero attached hydrogens (tertiary/aromatic N) is 4. The van der Waals surface area contributed by atoms with Gasteiger partial charge in [-0.05, 0) is 49.3 Å². The van der Waals surface area contributed by atoms with Crippen LogP contribution in [0.15, 0.2) is 22.2 Å². The molecule has 0 fully saturated rings. The highest BCUT2D eigenvalue weighted by Gasteiger charge is 2.13.